The molecule has 0 aliphatic carbocycles. The lowest BCUT2D eigenvalue weighted by molar-refractivity contribution is 0.600. The number of anilines is 2. The van der Waals surface area contributed by atoms with Crippen molar-refractivity contribution in [2.45, 2.75) is 32.6 Å². The lowest BCUT2D eigenvalue weighted by Gasteiger charge is -2.15. The molecule has 6 nitrogen and oxygen atoms in total. The highest BCUT2D eigenvalue weighted by Crippen LogP contribution is 2.29. The van der Waals surface area contributed by atoms with E-state index in [9.17, 15) is 8.42 Å². The quantitative estimate of drug-likeness (QED) is 0.846. The van der Waals surface area contributed by atoms with Crippen molar-refractivity contribution >= 4 is 32.4 Å². The zero-order chi connectivity index (χ0) is 15.1. The van der Waals surface area contributed by atoms with Gasteiger partial charge in [0.1, 0.15) is 5.82 Å². The highest BCUT2D eigenvalue weighted by atomic mass is 32.2. The third-order valence-electron chi connectivity index (χ3n) is 3.10. The molecule has 0 bridgehead atoms. The van der Waals surface area contributed by atoms with Gasteiger partial charge in [-0.15, -0.1) is 0 Å². The molecule has 0 aliphatic rings. The van der Waals surface area contributed by atoms with Gasteiger partial charge in [0.2, 0.25) is 5.13 Å². The molecule has 0 aliphatic heterocycles. The zero-order valence-electron chi connectivity index (χ0n) is 11.7. The van der Waals surface area contributed by atoms with E-state index in [1.165, 1.54) is 0 Å². The smallest absolute Gasteiger partial charge is 0.264 e. The van der Waals surface area contributed by atoms with Crippen LogP contribution in [0.4, 0.5) is 10.8 Å². The summed E-state index contributed by atoms with van der Waals surface area (Å²) in [4.78, 5) is 4.22. The monoisotopic (exact) mass is 312 g/mol. The maximum Gasteiger partial charge on any atom is 0.264 e. The summed E-state index contributed by atoms with van der Waals surface area (Å²) < 4.78 is 31.5. The third kappa shape index (κ3) is 2.61. The molecule has 0 spiro atoms. The van der Waals surface area contributed by atoms with Crippen molar-refractivity contribution in [1.29, 1.82) is 0 Å². The molecule has 1 heterocycles. The van der Waals surface area contributed by atoms with Crippen molar-refractivity contribution in [2.75, 3.05) is 10.5 Å². The molecule has 0 fully saturated rings. The van der Waals surface area contributed by atoms with Gasteiger partial charge in [-0.25, -0.2) is 13.4 Å². The molecule has 0 saturated heterocycles. The lowest BCUT2D eigenvalue weighted by Crippen LogP contribution is -2.17. The number of nitrogens with one attached hydrogen (secondary N) is 1. The lowest BCUT2D eigenvalue weighted by atomic mass is 10.1. The first-order valence-electron chi connectivity index (χ1n) is 5.92. The summed E-state index contributed by atoms with van der Waals surface area (Å²) in [5, 5.41) is 0.251. The number of hydrogen-bond acceptors (Lipinski definition) is 6. The minimum Gasteiger partial charge on any atom is -0.398 e. The Hall–Kier alpha value is -1.67. The standard InChI is InChI=1S/C12H16N4O2S2/c1-6-5-10(13)8(3)11(7(6)2)20(17,18)16-12-14-9(4)15-19-12/h5H,13H2,1-4H3,(H,14,15,16). The van der Waals surface area contributed by atoms with E-state index >= 15 is 0 Å². The van der Waals surface area contributed by atoms with Crippen LogP contribution in [0.2, 0.25) is 0 Å². The Balaban J connectivity index is 2.55. The predicted octanol–water partition coefficient (Wildman–Crippen LogP) is 2.15. The molecule has 1 aromatic carbocycles. The first-order chi connectivity index (χ1) is 9.22. The fraction of sp³-hybridized carbons (Fsp3) is 0.333. The number of nitrogen functional groups attached to an aromatic ring is 1. The van der Waals surface area contributed by atoms with Gasteiger partial charge in [0.25, 0.3) is 10.0 Å². The van der Waals surface area contributed by atoms with E-state index in [0.29, 0.717) is 22.6 Å². The van der Waals surface area contributed by atoms with Crippen LogP contribution >= 0.6 is 11.5 Å². The molecule has 0 saturated carbocycles. The van der Waals surface area contributed by atoms with Gasteiger partial charge in [0.05, 0.1) is 4.90 Å². The maximum atomic E-state index is 12.5. The highest BCUT2D eigenvalue weighted by molar-refractivity contribution is 7.93. The largest absolute Gasteiger partial charge is 0.398 e. The Morgan fingerprint density at radius 2 is 1.85 bits per heavy atom. The molecule has 1 aromatic heterocycles. The molecular weight excluding hydrogens is 296 g/mol. The molecule has 8 heteroatoms. The van der Waals surface area contributed by atoms with E-state index in [0.717, 1.165) is 17.1 Å². The Kier molecular flexibility index (Phi) is 3.70. The van der Waals surface area contributed by atoms with Crippen LogP contribution in [0, 0.1) is 27.7 Å². The molecule has 108 valence electrons. The Labute approximate surface area is 122 Å². The average Bonchev–Trinajstić information content (AvgIpc) is 2.71. The van der Waals surface area contributed by atoms with Crippen LogP contribution in [0.1, 0.15) is 22.5 Å². The van der Waals surface area contributed by atoms with Crippen molar-refractivity contribution in [2.24, 2.45) is 0 Å². The number of aromatic nitrogens is 2. The second kappa shape index (κ2) is 5.02. The second-order valence-corrected chi connectivity index (χ2v) is 6.99. The summed E-state index contributed by atoms with van der Waals surface area (Å²) in [5.41, 5.74) is 8.39. The number of aryl methyl sites for hydroxylation is 2. The third-order valence-corrected chi connectivity index (χ3v) is 5.56. The Morgan fingerprint density at radius 3 is 2.40 bits per heavy atom. The number of benzene rings is 1. The van der Waals surface area contributed by atoms with E-state index in [-0.39, 0.29) is 10.0 Å². The van der Waals surface area contributed by atoms with Gasteiger partial charge in [-0.1, -0.05) is 0 Å². The maximum absolute atomic E-state index is 12.5. The van der Waals surface area contributed by atoms with E-state index in [4.69, 9.17) is 5.73 Å². The van der Waals surface area contributed by atoms with E-state index in [1.807, 2.05) is 6.92 Å². The normalized spacial score (nSPS) is 11.6. The minimum atomic E-state index is -3.73. The van der Waals surface area contributed by atoms with Crippen molar-refractivity contribution in [3.63, 3.8) is 0 Å². The second-order valence-electron chi connectivity index (χ2n) is 4.61. The molecule has 0 radical (unpaired) electrons. The minimum absolute atomic E-state index is 0.211. The Morgan fingerprint density at radius 1 is 1.20 bits per heavy atom. The van der Waals surface area contributed by atoms with Crippen molar-refractivity contribution in [3.05, 3.63) is 28.6 Å². The van der Waals surface area contributed by atoms with Gasteiger partial charge in [-0.2, -0.15) is 4.37 Å². The van der Waals surface area contributed by atoms with E-state index in [2.05, 4.69) is 14.1 Å². The number of nitrogens with two attached hydrogens (primary N) is 1. The summed E-state index contributed by atoms with van der Waals surface area (Å²) in [6.45, 7) is 7.00. The van der Waals surface area contributed by atoms with Crippen LogP contribution in [-0.2, 0) is 10.0 Å². The molecular formula is C12H16N4O2S2. The van der Waals surface area contributed by atoms with Crippen LogP contribution in [0.15, 0.2) is 11.0 Å². The summed E-state index contributed by atoms with van der Waals surface area (Å²) in [6.07, 6.45) is 0. The van der Waals surface area contributed by atoms with Gasteiger partial charge in [-0.3, -0.25) is 4.72 Å². The van der Waals surface area contributed by atoms with E-state index in [1.54, 1.807) is 26.8 Å². The molecule has 0 unspecified atom stereocenters. The fourth-order valence-corrected chi connectivity index (χ4v) is 4.32. The number of nitrogens with zero attached hydrogens (tertiary/aromatic N) is 2. The van der Waals surface area contributed by atoms with Crippen LogP contribution in [0.5, 0.6) is 0 Å². The molecule has 0 amide bonds. The summed E-state index contributed by atoms with van der Waals surface area (Å²) in [7, 11) is -3.73. The topological polar surface area (TPSA) is 98.0 Å². The number of hydrogen-bond donors (Lipinski definition) is 2. The summed E-state index contributed by atoms with van der Waals surface area (Å²) in [6, 6.07) is 1.78. The van der Waals surface area contributed by atoms with Gasteiger partial charge >= 0.3 is 0 Å². The van der Waals surface area contributed by atoms with Crippen molar-refractivity contribution in [1.82, 2.24) is 9.36 Å². The van der Waals surface area contributed by atoms with Crippen LogP contribution in [0.25, 0.3) is 0 Å². The summed E-state index contributed by atoms with van der Waals surface area (Å²) in [5.74, 6) is 0.532. The molecule has 0 atom stereocenters. The van der Waals surface area contributed by atoms with Gasteiger partial charge in [-0.05, 0) is 50.5 Å². The molecule has 3 N–H and O–H groups in total. The highest BCUT2D eigenvalue weighted by Gasteiger charge is 2.23. The van der Waals surface area contributed by atoms with Gasteiger partial charge in [0.15, 0.2) is 0 Å². The van der Waals surface area contributed by atoms with Gasteiger partial charge in [0, 0.05) is 17.2 Å². The SMILES string of the molecule is Cc1nsc(NS(=O)(=O)c2c(C)c(C)cc(N)c2C)n1. The first-order valence-corrected chi connectivity index (χ1v) is 8.17. The molecule has 2 rings (SSSR count). The molecule has 2 aromatic rings. The van der Waals surface area contributed by atoms with Crippen LogP contribution in [0.3, 0.4) is 0 Å². The Bertz CT molecular complexity index is 740. The van der Waals surface area contributed by atoms with Crippen LogP contribution < -0.4 is 10.5 Å². The number of rotatable bonds is 3. The number of sulfonamides is 1. The zero-order valence-corrected chi connectivity index (χ0v) is 13.3. The fourth-order valence-electron chi connectivity index (χ4n) is 1.95. The van der Waals surface area contributed by atoms with Crippen molar-refractivity contribution < 1.29 is 8.42 Å². The van der Waals surface area contributed by atoms with E-state index < -0.39 is 10.0 Å². The summed E-state index contributed by atoms with van der Waals surface area (Å²) >= 11 is 1.01. The van der Waals surface area contributed by atoms with Gasteiger partial charge < -0.3 is 5.73 Å². The average molecular weight is 312 g/mol. The predicted molar refractivity (Wildman–Crippen MR) is 80.5 cm³/mol. The van der Waals surface area contributed by atoms with Crippen LogP contribution in [-0.4, -0.2) is 17.8 Å². The first kappa shape index (κ1) is 14.7. The molecule has 20 heavy (non-hydrogen) atoms. The van der Waals surface area contributed by atoms with Crippen molar-refractivity contribution in [3.8, 4) is 0 Å².